The highest BCUT2D eigenvalue weighted by atomic mass is 35.5. The number of hydrogen-bond donors (Lipinski definition) is 1. The summed E-state index contributed by atoms with van der Waals surface area (Å²) in [5.74, 6) is -1.71. The highest BCUT2D eigenvalue weighted by molar-refractivity contribution is 6.52. The number of halogens is 5. The summed E-state index contributed by atoms with van der Waals surface area (Å²) in [4.78, 5) is 25.5. The van der Waals surface area contributed by atoms with Crippen molar-refractivity contribution in [2.75, 3.05) is 4.90 Å². The average molecular weight is 415 g/mol. The topological polar surface area (TPSA) is 49.4 Å². The lowest BCUT2D eigenvalue weighted by atomic mass is 10.2. The van der Waals surface area contributed by atoms with E-state index >= 15 is 0 Å². The third kappa shape index (κ3) is 3.94. The maximum atomic E-state index is 12.9. The number of alkyl halides is 3. The van der Waals surface area contributed by atoms with Gasteiger partial charge in [0, 0.05) is 11.6 Å². The van der Waals surface area contributed by atoms with Crippen LogP contribution in [0.25, 0.3) is 0 Å². The Morgan fingerprint density at radius 3 is 2.26 bits per heavy atom. The van der Waals surface area contributed by atoms with Gasteiger partial charge < -0.3 is 5.32 Å². The Balaban J connectivity index is 1.82. The van der Waals surface area contributed by atoms with Gasteiger partial charge in [0.05, 0.1) is 11.3 Å². The van der Waals surface area contributed by atoms with Crippen LogP contribution in [0.1, 0.15) is 11.1 Å². The number of carbonyl (C=O) groups is 2. The van der Waals surface area contributed by atoms with E-state index in [2.05, 4.69) is 5.32 Å². The van der Waals surface area contributed by atoms with Crippen molar-refractivity contribution < 1.29 is 22.8 Å². The molecule has 4 nitrogen and oxygen atoms in total. The van der Waals surface area contributed by atoms with E-state index in [4.69, 9.17) is 23.2 Å². The molecule has 140 valence electrons. The molecule has 0 bridgehead atoms. The lowest BCUT2D eigenvalue weighted by molar-refractivity contribution is -0.137. The Labute approximate surface area is 162 Å². The van der Waals surface area contributed by atoms with Crippen molar-refractivity contribution in [1.82, 2.24) is 5.32 Å². The number of rotatable bonds is 4. The van der Waals surface area contributed by atoms with Gasteiger partial charge in [-0.15, -0.1) is 0 Å². The van der Waals surface area contributed by atoms with E-state index in [0.29, 0.717) is 9.92 Å². The standard InChI is InChI=1S/C18H11Cl2F3N2O2/c19-12-6-4-10(5-7-12)9-24-15-14(20)16(26)25(17(15)27)13-3-1-2-11(8-13)18(21,22)23/h1-8,24H,9H2. The maximum absolute atomic E-state index is 12.9. The molecule has 0 radical (unpaired) electrons. The van der Waals surface area contributed by atoms with E-state index in [9.17, 15) is 22.8 Å². The molecule has 0 aromatic heterocycles. The van der Waals surface area contributed by atoms with Gasteiger partial charge in [-0.25, -0.2) is 4.90 Å². The minimum Gasteiger partial charge on any atom is -0.375 e. The second kappa shape index (κ2) is 7.25. The van der Waals surface area contributed by atoms with E-state index in [0.717, 1.165) is 23.8 Å². The Morgan fingerprint density at radius 2 is 1.63 bits per heavy atom. The molecule has 0 unspecified atom stereocenters. The highest BCUT2D eigenvalue weighted by Gasteiger charge is 2.40. The molecule has 2 amide bonds. The molecule has 1 aliphatic rings. The Morgan fingerprint density at radius 1 is 0.963 bits per heavy atom. The molecule has 9 heteroatoms. The Bertz CT molecular complexity index is 940. The normalized spacial score (nSPS) is 14.9. The zero-order chi connectivity index (χ0) is 19.8. The SMILES string of the molecule is O=C1C(Cl)=C(NCc2ccc(Cl)cc2)C(=O)N1c1cccc(C(F)(F)F)c1. The van der Waals surface area contributed by atoms with Crippen LogP contribution in [0, 0.1) is 0 Å². The van der Waals surface area contributed by atoms with Crippen LogP contribution in [0.3, 0.4) is 0 Å². The monoisotopic (exact) mass is 414 g/mol. The van der Waals surface area contributed by atoms with Crippen LogP contribution in [0.2, 0.25) is 5.02 Å². The molecule has 3 rings (SSSR count). The van der Waals surface area contributed by atoms with Crippen molar-refractivity contribution in [3.8, 4) is 0 Å². The van der Waals surface area contributed by atoms with Gasteiger partial charge in [-0.2, -0.15) is 13.2 Å². The molecule has 0 saturated carbocycles. The molecular formula is C18H11Cl2F3N2O2. The molecule has 1 aliphatic heterocycles. The molecule has 0 spiro atoms. The first-order valence-electron chi connectivity index (χ1n) is 7.62. The summed E-state index contributed by atoms with van der Waals surface area (Å²) in [5.41, 5.74) is -0.580. The van der Waals surface area contributed by atoms with E-state index in [1.54, 1.807) is 24.3 Å². The molecule has 2 aromatic rings. The zero-order valence-electron chi connectivity index (χ0n) is 13.5. The fourth-order valence-corrected chi connectivity index (χ4v) is 2.86. The maximum Gasteiger partial charge on any atom is 0.416 e. The van der Waals surface area contributed by atoms with Crippen LogP contribution in [0.4, 0.5) is 18.9 Å². The summed E-state index contributed by atoms with van der Waals surface area (Å²) in [6.45, 7) is 0.179. The minimum atomic E-state index is -4.60. The first kappa shape index (κ1) is 19.3. The summed E-state index contributed by atoms with van der Waals surface area (Å²) < 4.78 is 38.7. The van der Waals surface area contributed by atoms with Gasteiger partial charge in [0.2, 0.25) is 0 Å². The Kier molecular flexibility index (Phi) is 5.17. The molecule has 2 aromatic carbocycles. The van der Waals surface area contributed by atoms with Crippen molar-refractivity contribution in [2.45, 2.75) is 12.7 Å². The largest absolute Gasteiger partial charge is 0.416 e. The van der Waals surface area contributed by atoms with Crippen LogP contribution in [-0.4, -0.2) is 11.8 Å². The summed E-state index contributed by atoms with van der Waals surface area (Å²) in [6.07, 6.45) is -4.60. The number of nitrogens with zero attached hydrogens (tertiary/aromatic N) is 1. The minimum absolute atomic E-state index is 0.172. The van der Waals surface area contributed by atoms with Crippen molar-refractivity contribution in [3.05, 3.63) is 75.4 Å². The van der Waals surface area contributed by atoms with Gasteiger partial charge in [-0.05, 0) is 35.9 Å². The van der Waals surface area contributed by atoms with E-state index < -0.39 is 23.6 Å². The lowest BCUT2D eigenvalue weighted by Gasteiger charge is -2.17. The number of nitrogens with one attached hydrogen (secondary N) is 1. The first-order valence-corrected chi connectivity index (χ1v) is 8.38. The smallest absolute Gasteiger partial charge is 0.375 e. The highest BCUT2D eigenvalue weighted by Crippen LogP contribution is 2.34. The van der Waals surface area contributed by atoms with E-state index in [1.807, 2.05) is 0 Å². The Hall–Kier alpha value is -2.51. The third-order valence-electron chi connectivity index (χ3n) is 3.84. The number of hydrogen-bond acceptors (Lipinski definition) is 3. The predicted molar refractivity (Wildman–Crippen MR) is 95.1 cm³/mol. The second-order valence-electron chi connectivity index (χ2n) is 5.66. The quantitative estimate of drug-likeness (QED) is 0.750. The van der Waals surface area contributed by atoms with Gasteiger partial charge >= 0.3 is 6.18 Å². The number of anilines is 1. The fourth-order valence-electron chi connectivity index (χ4n) is 2.50. The lowest BCUT2D eigenvalue weighted by Crippen LogP contribution is -2.33. The van der Waals surface area contributed by atoms with Crippen LogP contribution in [-0.2, 0) is 22.3 Å². The second-order valence-corrected chi connectivity index (χ2v) is 6.48. The van der Waals surface area contributed by atoms with Crippen LogP contribution in [0.15, 0.2) is 59.3 Å². The summed E-state index contributed by atoms with van der Waals surface area (Å²) in [7, 11) is 0. The summed E-state index contributed by atoms with van der Waals surface area (Å²) in [5, 5.41) is 2.92. The molecule has 1 heterocycles. The molecule has 0 aliphatic carbocycles. The first-order chi connectivity index (χ1) is 12.7. The summed E-state index contributed by atoms with van der Waals surface area (Å²) in [6, 6.07) is 10.7. The van der Waals surface area contributed by atoms with Crippen LogP contribution >= 0.6 is 23.2 Å². The molecule has 0 atom stereocenters. The number of benzene rings is 2. The van der Waals surface area contributed by atoms with Gasteiger partial charge in [0.25, 0.3) is 11.8 Å². The number of carbonyl (C=O) groups excluding carboxylic acids is 2. The van der Waals surface area contributed by atoms with Gasteiger partial charge in [0.1, 0.15) is 10.7 Å². The molecule has 0 saturated heterocycles. The number of imide groups is 1. The van der Waals surface area contributed by atoms with Gasteiger partial charge in [-0.1, -0.05) is 41.4 Å². The predicted octanol–water partition coefficient (Wildman–Crippen LogP) is 4.47. The van der Waals surface area contributed by atoms with Crippen molar-refractivity contribution in [2.24, 2.45) is 0 Å². The third-order valence-corrected chi connectivity index (χ3v) is 4.44. The van der Waals surface area contributed by atoms with E-state index in [-0.39, 0.29) is 23.0 Å². The number of amides is 2. The molecule has 1 N–H and O–H groups in total. The molecule has 0 fully saturated rings. The molecule has 27 heavy (non-hydrogen) atoms. The molecular weight excluding hydrogens is 404 g/mol. The van der Waals surface area contributed by atoms with Crippen LogP contribution in [0.5, 0.6) is 0 Å². The summed E-state index contributed by atoms with van der Waals surface area (Å²) >= 11 is 11.8. The van der Waals surface area contributed by atoms with Gasteiger partial charge in [0.15, 0.2) is 0 Å². The van der Waals surface area contributed by atoms with Crippen molar-refractivity contribution in [3.63, 3.8) is 0 Å². The van der Waals surface area contributed by atoms with Crippen LogP contribution < -0.4 is 10.2 Å². The van der Waals surface area contributed by atoms with E-state index in [1.165, 1.54) is 6.07 Å². The average Bonchev–Trinajstić information content (AvgIpc) is 2.83. The van der Waals surface area contributed by atoms with Crippen molar-refractivity contribution in [1.29, 1.82) is 0 Å². The zero-order valence-corrected chi connectivity index (χ0v) is 15.0. The fraction of sp³-hybridized carbons (Fsp3) is 0.111. The van der Waals surface area contributed by atoms with Gasteiger partial charge in [-0.3, -0.25) is 9.59 Å². The van der Waals surface area contributed by atoms with Crippen molar-refractivity contribution >= 4 is 40.7 Å².